The third kappa shape index (κ3) is 4.28. The number of H-pyrrole nitrogens is 1. The summed E-state index contributed by atoms with van der Waals surface area (Å²) in [7, 11) is 0. The first-order chi connectivity index (χ1) is 14.0. The van der Waals surface area contributed by atoms with E-state index in [4.69, 9.17) is 8.94 Å². The van der Waals surface area contributed by atoms with Crippen molar-refractivity contribution in [2.45, 2.75) is 25.5 Å². The molecular weight excluding hydrogens is 412 g/mol. The zero-order valence-electron chi connectivity index (χ0n) is 15.7. The molecule has 0 saturated carbocycles. The Morgan fingerprint density at radius 2 is 2.31 bits per heavy atom. The monoisotopic (exact) mass is 430 g/mol. The quantitative estimate of drug-likeness (QED) is 0.447. The minimum atomic E-state index is -0.191. The summed E-state index contributed by atoms with van der Waals surface area (Å²) in [5, 5.41) is 8.77. The second-order valence-corrected chi connectivity index (χ2v) is 8.70. The van der Waals surface area contributed by atoms with Crippen molar-refractivity contribution in [3.8, 4) is 11.3 Å². The van der Waals surface area contributed by atoms with Crippen molar-refractivity contribution >= 4 is 45.0 Å². The Balaban J connectivity index is 1.40. The first kappa shape index (κ1) is 19.5. The lowest BCUT2D eigenvalue weighted by Crippen LogP contribution is -2.14. The predicted molar refractivity (Wildman–Crippen MR) is 113 cm³/mol. The van der Waals surface area contributed by atoms with E-state index in [9.17, 15) is 9.59 Å². The normalized spacial score (nSPS) is 12.3. The van der Waals surface area contributed by atoms with Gasteiger partial charge < -0.3 is 19.2 Å². The average Bonchev–Trinajstić information content (AvgIpc) is 3.42. The minimum Gasteiger partial charge on any atom is -0.464 e. The molecule has 150 valence electrons. The van der Waals surface area contributed by atoms with E-state index in [1.807, 2.05) is 18.4 Å². The van der Waals surface area contributed by atoms with Gasteiger partial charge in [0.15, 0.2) is 5.82 Å². The molecule has 0 bridgehead atoms. The van der Waals surface area contributed by atoms with E-state index in [1.165, 1.54) is 11.3 Å². The lowest BCUT2D eigenvalue weighted by atomic mass is 10.2. The van der Waals surface area contributed by atoms with Gasteiger partial charge in [-0.3, -0.25) is 9.59 Å². The van der Waals surface area contributed by atoms with Gasteiger partial charge in [0, 0.05) is 29.2 Å². The fourth-order valence-electron chi connectivity index (χ4n) is 2.81. The number of furan rings is 1. The third-order valence-electron chi connectivity index (χ3n) is 4.23. The molecular formula is C19H18N4O4S2. The number of hydrogen-bond donors (Lipinski definition) is 2. The van der Waals surface area contributed by atoms with Crippen LogP contribution in [-0.4, -0.2) is 26.8 Å². The topological polar surface area (TPSA) is 114 Å². The van der Waals surface area contributed by atoms with Crippen LogP contribution in [0.5, 0.6) is 0 Å². The number of amides is 1. The molecule has 0 aliphatic heterocycles. The van der Waals surface area contributed by atoms with Crippen LogP contribution in [0.3, 0.4) is 0 Å². The lowest BCUT2D eigenvalue weighted by molar-refractivity contribution is -0.115. The number of anilines is 1. The molecule has 0 radical (unpaired) electrons. The van der Waals surface area contributed by atoms with Crippen LogP contribution in [-0.2, 0) is 4.79 Å². The summed E-state index contributed by atoms with van der Waals surface area (Å²) in [5.74, 6) is 2.72. The molecule has 4 heterocycles. The Morgan fingerprint density at radius 1 is 1.45 bits per heavy atom. The van der Waals surface area contributed by atoms with Gasteiger partial charge in [-0.05, 0) is 26.0 Å². The molecule has 0 saturated heterocycles. The molecule has 29 heavy (non-hydrogen) atoms. The van der Waals surface area contributed by atoms with Gasteiger partial charge in [0.25, 0.3) is 5.56 Å². The van der Waals surface area contributed by atoms with Crippen LogP contribution >= 0.6 is 23.1 Å². The zero-order chi connectivity index (χ0) is 20.4. The van der Waals surface area contributed by atoms with Gasteiger partial charge in [-0.2, -0.15) is 11.8 Å². The molecule has 1 amide bonds. The molecule has 0 aliphatic carbocycles. The maximum Gasteiger partial charge on any atom is 0.260 e. The zero-order valence-corrected chi connectivity index (χ0v) is 17.4. The molecule has 0 aliphatic rings. The van der Waals surface area contributed by atoms with Gasteiger partial charge >= 0.3 is 0 Å². The summed E-state index contributed by atoms with van der Waals surface area (Å²) in [5.41, 5.74) is 0.555. The Kier molecular flexibility index (Phi) is 5.54. The highest BCUT2D eigenvalue weighted by atomic mass is 32.2. The van der Waals surface area contributed by atoms with E-state index < -0.39 is 0 Å². The largest absolute Gasteiger partial charge is 0.464 e. The Morgan fingerprint density at radius 3 is 3.03 bits per heavy atom. The summed E-state index contributed by atoms with van der Waals surface area (Å²) in [6.07, 6.45) is 1.89. The number of aromatic nitrogens is 3. The van der Waals surface area contributed by atoms with Gasteiger partial charge in [-0.1, -0.05) is 5.16 Å². The number of aromatic amines is 1. The van der Waals surface area contributed by atoms with Crippen LogP contribution in [0.25, 0.3) is 21.5 Å². The third-order valence-corrected chi connectivity index (χ3v) is 6.26. The highest BCUT2D eigenvalue weighted by Gasteiger charge is 2.17. The van der Waals surface area contributed by atoms with E-state index >= 15 is 0 Å². The highest BCUT2D eigenvalue weighted by molar-refractivity contribution is 7.99. The lowest BCUT2D eigenvalue weighted by Gasteiger charge is -2.10. The second-order valence-electron chi connectivity index (χ2n) is 6.39. The van der Waals surface area contributed by atoms with Crippen LogP contribution < -0.4 is 10.9 Å². The number of thiophene rings is 1. The number of hydrogen-bond acceptors (Lipinski definition) is 8. The molecule has 0 unspecified atom stereocenters. The van der Waals surface area contributed by atoms with E-state index in [0.717, 1.165) is 5.56 Å². The van der Waals surface area contributed by atoms with Crippen molar-refractivity contribution in [2.75, 3.05) is 11.1 Å². The fraction of sp³-hybridized carbons (Fsp3) is 0.263. The van der Waals surface area contributed by atoms with Crippen LogP contribution in [0.1, 0.15) is 30.2 Å². The maximum atomic E-state index is 12.6. The van der Waals surface area contributed by atoms with E-state index in [-0.39, 0.29) is 16.7 Å². The molecule has 1 atom stereocenters. The Hall–Kier alpha value is -2.85. The number of fused-ring (bicyclic) bond motifs is 1. The second kappa shape index (κ2) is 8.26. The fourth-order valence-corrected chi connectivity index (χ4v) is 4.67. The molecule has 4 rings (SSSR count). The van der Waals surface area contributed by atoms with Crippen molar-refractivity contribution in [1.29, 1.82) is 0 Å². The minimum absolute atomic E-state index is 0.0663. The number of carbonyl (C=O) groups is 1. The molecule has 4 aromatic heterocycles. The first-order valence-electron chi connectivity index (χ1n) is 8.91. The Labute approximate surface area is 173 Å². The van der Waals surface area contributed by atoms with Gasteiger partial charge in [0.05, 0.1) is 16.9 Å². The first-order valence-corrected chi connectivity index (χ1v) is 10.8. The SMILES string of the molecule is Cc1cc(NC(=O)CCS[C@@H](C)c2nc3scc(-c4ccco4)c3c(=O)[nH]2)no1. The average molecular weight is 431 g/mol. The summed E-state index contributed by atoms with van der Waals surface area (Å²) >= 11 is 2.95. The number of thioether (sulfide) groups is 1. The van der Waals surface area contributed by atoms with Crippen LogP contribution in [0.4, 0.5) is 5.82 Å². The number of nitrogens with zero attached hydrogens (tertiary/aromatic N) is 2. The summed E-state index contributed by atoms with van der Waals surface area (Å²) in [4.78, 5) is 32.8. The maximum absolute atomic E-state index is 12.6. The standard InChI is InChI=1S/C19H18N4O4S2/c1-10-8-14(23-27-10)20-15(24)5-7-28-11(2)17-21-18(25)16-12(9-29-19(16)22-17)13-4-3-6-26-13/h3-4,6,8-9,11H,5,7H2,1-2H3,(H,20,23,24)(H,21,22,25)/t11-/m0/s1. The highest BCUT2D eigenvalue weighted by Crippen LogP contribution is 2.33. The summed E-state index contributed by atoms with van der Waals surface area (Å²) < 4.78 is 10.3. The molecule has 0 fully saturated rings. The van der Waals surface area contributed by atoms with Crippen molar-refractivity contribution in [3.05, 3.63) is 51.8 Å². The molecule has 4 aromatic rings. The molecule has 10 heteroatoms. The van der Waals surface area contributed by atoms with E-state index in [0.29, 0.717) is 45.6 Å². The van der Waals surface area contributed by atoms with Gasteiger partial charge in [-0.25, -0.2) is 4.98 Å². The van der Waals surface area contributed by atoms with E-state index in [2.05, 4.69) is 20.4 Å². The molecule has 8 nitrogen and oxygen atoms in total. The van der Waals surface area contributed by atoms with Crippen molar-refractivity contribution < 1.29 is 13.7 Å². The van der Waals surface area contributed by atoms with Crippen molar-refractivity contribution in [2.24, 2.45) is 0 Å². The predicted octanol–water partition coefficient (Wildman–Crippen LogP) is 4.36. The van der Waals surface area contributed by atoms with Crippen molar-refractivity contribution in [3.63, 3.8) is 0 Å². The smallest absolute Gasteiger partial charge is 0.260 e. The molecule has 2 N–H and O–H groups in total. The number of nitrogens with one attached hydrogen (secondary N) is 2. The summed E-state index contributed by atoms with van der Waals surface area (Å²) in [6.45, 7) is 3.71. The molecule has 0 aromatic carbocycles. The van der Waals surface area contributed by atoms with Crippen LogP contribution in [0.2, 0.25) is 0 Å². The molecule has 0 spiro atoms. The van der Waals surface area contributed by atoms with Gasteiger partial charge in [0.1, 0.15) is 22.2 Å². The number of aryl methyl sites for hydroxylation is 1. The number of rotatable bonds is 7. The van der Waals surface area contributed by atoms with Crippen LogP contribution in [0, 0.1) is 6.92 Å². The number of carbonyl (C=O) groups excluding carboxylic acids is 1. The van der Waals surface area contributed by atoms with Crippen molar-refractivity contribution in [1.82, 2.24) is 15.1 Å². The van der Waals surface area contributed by atoms with Crippen LogP contribution in [0.15, 0.2) is 43.6 Å². The Bertz CT molecular complexity index is 1190. The summed E-state index contributed by atoms with van der Waals surface area (Å²) in [6, 6.07) is 5.27. The van der Waals surface area contributed by atoms with E-state index in [1.54, 1.807) is 37.1 Å². The van der Waals surface area contributed by atoms with Gasteiger partial charge in [-0.15, -0.1) is 11.3 Å². The van der Waals surface area contributed by atoms with Gasteiger partial charge in [0.2, 0.25) is 5.91 Å².